The van der Waals surface area contributed by atoms with Crippen LogP contribution in [0.2, 0.25) is 0 Å². The zero-order valence-electron chi connectivity index (χ0n) is 43.5. The second-order valence-corrected chi connectivity index (χ2v) is 19.2. The van der Waals surface area contributed by atoms with Gasteiger partial charge in [0.1, 0.15) is 13.2 Å². The third-order valence-electron chi connectivity index (χ3n) is 12.6. The lowest BCUT2D eigenvalue weighted by atomic mass is 10.0. The van der Waals surface area contributed by atoms with Crippen molar-refractivity contribution in [3.8, 4) is 0 Å². The molecule has 0 N–H and O–H groups in total. The molecule has 0 rings (SSSR count). The number of carbonyl (C=O) groups excluding carboxylic acids is 3. The molecule has 0 bridgehead atoms. The first-order chi connectivity index (χ1) is 32.0. The predicted molar refractivity (Wildman–Crippen MR) is 279 cm³/mol. The Kier molecular flexibility index (Phi) is 52.3. The summed E-state index contributed by atoms with van der Waals surface area (Å²) in [5.41, 5.74) is 0. The highest BCUT2D eigenvalue weighted by molar-refractivity contribution is 5.71. The number of unbranched alkanes of at least 4 members (excludes halogenated alkanes) is 35. The van der Waals surface area contributed by atoms with Gasteiger partial charge < -0.3 is 14.2 Å². The number of ether oxygens (including phenoxy) is 3. The molecule has 0 amide bonds. The van der Waals surface area contributed by atoms with Crippen LogP contribution in [0.4, 0.5) is 0 Å². The first kappa shape index (κ1) is 62.6. The van der Waals surface area contributed by atoms with Crippen molar-refractivity contribution in [3.63, 3.8) is 0 Å². The molecule has 0 heterocycles. The van der Waals surface area contributed by atoms with Crippen molar-refractivity contribution < 1.29 is 28.6 Å². The van der Waals surface area contributed by atoms with Gasteiger partial charge in [-0.3, -0.25) is 14.4 Å². The lowest BCUT2D eigenvalue weighted by Crippen LogP contribution is -2.30. The number of carbonyl (C=O) groups is 3. The molecule has 0 aliphatic carbocycles. The Morgan fingerprint density at radius 2 is 0.554 bits per heavy atom. The maximum absolute atomic E-state index is 12.6. The van der Waals surface area contributed by atoms with E-state index >= 15 is 0 Å². The molecule has 6 nitrogen and oxygen atoms in total. The molecule has 0 aromatic carbocycles. The van der Waals surface area contributed by atoms with Crippen LogP contribution in [0.5, 0.6) is 0 Å². The highest BCUT2D eigenvalue weighted by Crippen LogP contribution is 2.16. The lowest BCUT2D eigenvalue weighted by Gasteiger charge is -2.18. The minimum atomic E-state index is -0.761. The number of esters is 3. The van der Waals surface area contributed by atoms with Crippen LogP contribution >= 0.6 is 0 Å². The number of hydrogen-bond acceptors (Lipinski definition) is 6. The number of hydrogen-bond donors (Lipinski definition) is 0. The molecular formula is C59H108O6. The largest absolute Gasteiger partial charge is 0.462 e. The average Bonchev–Trinajstić information content (AvgIpc) is 3.30. The Hall–Kier alpha value is -2.37. The summed E-state index contributed by atoms with van der Waals surface area (Å²) in [5, 5.41) is 0. The van der Waals surface area contributed by atoms with E-state index in [1.165, 1.54) is 193 Å². The second kappa shape index (κ2) is 54.2. The Morgan fingerprint density at radius 3 is 0.862 bits per heavy atom. The number of rotatable bonds is 52. The van der Waals surface area contributed by atoms with Crippen LogP contribution in [0.3, 0.4) is 0 Å². The van der Waals surface area contributed by atoms with E-state index in [4.69, 9.17) is 14.2 Å². The zero-order chi connectivity index (χ0) is 47.2. The molecule has 380 valence electrons. The average molecular weight is 914 g/mol. The van der Waals surface area contributed by atoms with Crippen LogP contribution in [0.1, 0.15) is 303 Å². The Bertz CT molecular complexity index is 1090. The lowest BCUT2D eigenvalue weighted by molar-refractivity contribution is -0.167. The monoisotopic (exact) mass is 913 g/mol. The highest BCUT2D eigenvalue weighted by atomic mass is 16.6. The van der Waals surface area contributed by atoms with E-state index in [1.807, 2.05) is 0 Å². The second-order valence-electron chi connectivity index (χ2n) is 19.2. The standard InChI is InChI=1S/C59H108O6/c1-4-7-10-13-16-17-18-19-20-21-22-23-24-25-26-27-28-29-30-31-32-33-34-35-36-37-38-39-40-41-44-46-49-52-58(61)64-55-56(65-59(62)53-50-47-43-15-12-9-6-3)54-63-57(60)51-48-45-42-14-11-8-5-2/h18-19,21-22,24-25,56H,4-17,20,23,26-55H2,1-3H3/b19-18-,22-21-,25-24-. The summed E-state index contributed by atoms with van der Waals surface area (Å²) >= 11 is 0. The van der Waals surface area contributed by atoms with Crippen molar-refractivity contribution in [2.75, 3.05) is 13.2 Å². The highest BCUT2D eigenvalue weighted by Gasteiger charge is 2.19. The molecule has 1 unspecified atom stereocenters. The van der Waals surface area contributed by atoms with Gasteiger partial charge in [0.15, 0.2) is 6.10 Å². The van der Waals surface area contributed by atoms with Crippen LogP contribution in [0.25, 0.3) is 0 Å². The van der Waals surface area contributed by atoms with Crippen molar-refractivity contribution in [2.24, 2.45) is 0 Å². The van der Waals surface area contributed by atoms with E-state index in [9.17, 15) is 14.4 Å². The fourth-order valence-electron chi connectivity index (χ4n) is 8.33. The minimum Gasteiger partial charge on any atom is -0.462 e. The Labute approximate surface area is 404 Å². The van der Waals surface area contributed by atoms with E-state index in [-0.39, 0.29) is 31.1 Å². The first-order valence-electron chi connectivity index (χ1n) is 28.5. The molecule has 0 saturated carbocycles. The first-order valence-corrected chi connectivity index (χ1v) is 28.5. The van der Waals surface area contributed by atoms with Gasteiger partial charge in [-0.1, -0.05) is 263 Å². The molecule has 0 saturated heterocycles. The molecule has 0 aliphatic heterocycles. The van der Waals surface area contributed by atoms with Crippen molar-refractivity contribution in [1.82, 2.24) is 0 Å². The molecule has 0 radical (unpaired) electrons. The van der Waals surface area contributed by atoms with Gasteiger partial charge in [-0.15, -0.1) is 0 Å². The maximum atomic E-state index is 12.6. The summed E-state index contributed by atoms with van der Waals surface area (Å²) in [4.78, 5) is 37.6. The Balaban J connectivity index is 3.83. The molecule has 0 aromatic rings. The van der Waals surface area contributed by atoms with Crippen LogP contribution in [0.15, 0.2) is 36.5 Å². The van der Waals surface area contributed by atoms with Crippen LogP contribution in [-0.2, 0) is 28.6 Å². The van der Waals surface area contributed by atoms with Crippen LogP contribution in [-0.4, -0.2) is 37.2 Å². The van der Waals surface area contributed by atoms with E-state index < -0.39 is 6.10 Å². The van der Waals surface area contributed by atoms with E-state index in [0.717, 1.165) is 70.6 Å². The van der Waals surface area contributed by atoms with Crippen molar-refractivity contribution >= 4 is 17.9 Å². The zero-order valence-corrected chi connectivity index (χ0v) is 43.5. The molecule has 0 aliphatic rings. The summed E-state index contributed by atoms with van der Waals surface area (Å²) in [7, 11) is 0. The van der Waals surface area contributed by atoms with Gasteiger partial charge in [-0.2, -0.15) is 0 Å². The third kappa shape index (κ3) is 52.5. The van der Waals surface area contributed by atoms with Gasteiger partial charge in [-0.05, 0) is 57.8 Å². The van der Waals surface area contributed by atoms with Gasteiger partial charge in [-0.25, -0.2) is 0 Å². The van der Waals surface area contributed by atoms with Gasteiger partial charge in [0, 0.05) is 19.3 Å². The summed E-state index contributed by atoms with van der Waals surface area (Å²) in [6.07, 6.45) is 64.9. The smallest absolute Gasteiger partial charge is 0.306 e. The fraction of sp³-hybridized carbons (Fsp3) is 0.847. The van der Waals surface area contributed by atoms with Gasteiger partial charge in [0.25, 0.3) is 0 Å². The summed E-state index contributed by atoms with van der Waals surface area (Å²) < 4.78 is 16.7. The molecule has 0 fully saturated rings. The van der Waals surface area contributed by atoms with Crippen molar-refractivity contribution in [1.29, 1.82) is 0 Å². The maximum Gasteiger partial charge on any atom is 0.306 e. The van der Waals surface area contributed by atoms with Gasteiger partial charge in [0.05, 0.1) is 0 Å². The minimum absolute atomic E-state index is 0.0676. The molecule has 0 aromatic heterocycles. The summed E-state index contributed by atoms with van der Waals surface area (Å²) in [5.74, 6) is -0.870. The number of allylic oxidation sites excluding steroid dienone is 6. The van der Waals surface area contributed by atoms with Gasteiger partial charge >= 0.3 is 17.9 Å². The van der Waals surface area contributed by atoms with Gasteiger partial charge in [0.2, 0.25) is 0 Å². The molecule has 0 spiro atoms. The van der Waals surface area contributed by atoms with E-state index in [2.05, 4.69) is 57.2 Å². The summed E-state index contributed by atoms with van der Waals surface area (Å²) in [6.45, 7) is 6.56. The SMILES string of the molecule is CCCCCCC/C=C\C/C=C\C/C=C\CCCCCCCCCCCCCCCCCCCCC(=O)OCC(COC(=O)CCCCCCCCC)OC(=O)CCCCCCCCC. The third-order valence-corrected chi connectivity index (χ3v) is 12.6. The molecular weight excluding hydrogens is 805 g/mol. The summed E-state index contributed by atoms with van der Waals surface area (Å²) in [6, 6.07) is 0. The Morgan fingerprint density at radius 1 is 0.308 bits per heavy atom. The quantitative estimate of drug-likeness (QED) is 0.0262. The van der Waals surface area contributed by atoms with Crippen LogP contribution < -0.4 is 0 Å². The van der Waals surface area contributed by atoms with Crippen molar-refractivity contribution in [2.45, 2.75) is 309 Å². The predicted octanol–water partition coefficient (Wildman–Crippen LogP) is 18.9. The molecule has 1 atom stereocenters. The molecule has 65 heavy (non-hydrogen) atoms. The fourth-order valence-corrected chi connectivity index (χ4v) is 8.33. The van der Waals surface area contributed by atoms with Crippen molar-refractivity contribution in [3.05, 3.63) is 36.5 Å². The topological polar surface area (TPSA) is 78.9 Å². The van der Waals surface area contributed by atoms with Crippen LogP contribution in [0, 0.1) is 0 Å². The normalized spacial score (nSPS) is 12.2. The van der Waals surface area contributed by atoms with E-state index in [1.54, 1.807) is 0 Å². The molecule has 6 heteroatoms. The van der Waals surface area contributed by atoms with E-state index in [0.29, 0.717) is 19.3 Å².